The average molecular weight is 681 g/mol. The Labute approximate surface area is 278 Å². The maximum absolute atomic E-state index is 17.0. The van der Waals surface area contributed by atoms with Crippen LogP contribution in [0.25, 0.3) is 32.9 Å². The molecule has 2 saturated heterocycles. The molecule has 2 amide bonds. The molecule has 2 N–H and O–H groups in total. The molecule has 2 aliphatic heterocycles. The lowest BCUT2D eigenvalue weighted by Gasteiger charge is -2.39. The van der Waals surface area contributed by atoms with Gasteiger partial charge in [-0.15, -0.1) is 0 Å². The number of carbonyl (C=O) groups excluding carboxylic acids is 2. The van der Waals surface area contributed by atoms with E-state index in [0.29, 0.717) is 46.1 Å². The Morgan fingerprint density at radius 3 is 2.62 bits per heavy atom. The Morgan fingerprint density at radius 2 is 1.98 bits per heavy atom. The molecule has 1 unspecified atom stereocenters. The van der Waals surface area contributed by atoms with E-state index in [-0.39, 0.29) is 58.4 Å². The summed E-state index contributed by atoms with van der Waals surface area (Å²) < 4.78 is 33.7. The number of nitrogens with one attached hydrogen (secondary N) is 1. The first kappa shape index (κ1) is 31.3. The van der Waals surface area contributed by atoms with E-state index in [1.807, 2.05) is 4.57 Å². The molecule has 2 bridgehead atoms. The number of amides is 2. The van der Waals surface area contributed by atoms with Crippen molar-refractivity contribution in [3.8, 4) is 17.2 Å². The van der Waals surface area contributed by atoms with Crippen molar-refractivity contribution < 1.29 is 28.3 Å². The maximum Gasteiger partial charge on any atom is 0.407 e. The lowest BCUT2D eigenvalue weighted by Crippen LogP contribution is -2.43. The number of hydrogen-bond acceptors (Lipinski definition) is 5. The van der Waals surface area contributed by atoms with E-state index < -0.39 is 47.4 Å². The van der Waals surface area contributed by atoms with Crippen LogP contribution in [0, 0.1) is 23.1 Å². The number of benzene rings is 2. The Balaban J connectivity index is 1.55. The van der Waals surface area contributed by atoms with Crippen LogP contribution in [0.3, 0.4) is 0 Å². The molecule has 13 heteroatoms. The minimum atomic E-state index is -1.93. The summed E-state index contributed by atoms with van der Waals surface area (Å²) in [7, 11) is 0. The molecule has 242 valence electrons. The third-order valence-corrected chi connectivity index (χ3v) is 10.7. The highest BCUT2D eigenvalue weighted by molar-refractivity contribution is 6.43. The fourth-order valence-corrected chi connectivity index (χ4v) is 7.78. The molecule has 2 saturated carbocycles. The summed E-state index contributed by atoms with van der Waals surface area (Å²) in [5.74, 6) is -2.01. The van der Waals surface area contributed by atoms with Gasteiger partial charge in [0, 0.05) is 53.4 Å². The number of Topliss-reactive ketones (excluding diaryl/α,β-unsaturated/α-hetero) is 1. The zero-order valence-corrected chi connectivity index (χ0v) is 26.9. The van der Waals surface area contributed by atoms with E-state index in [0.717, 1.165) is 0 Å². The van der Waals surface area contributed by atoms with Crippen LogP contribution >= 0.6 is 23.2 Å². The SMILES string of the molecule is CC(=O)c1nc2c(F)c(-c3cccc(Cl)c3Cl)c(CCC#N)cc2c2c1cc(C(C)NC(=O)C1(F)CC1)n2[C@H]1[C@@H]2C[C@H]1N(C(=O)O)C2. The number of carbonyl (C=O) groups is 3. The topological polar surface area (TPSA) is 128 Å². The number of aryl methyl sites for hydroxylation is 1. The summed E-state index contributed by atoms with van der Waals surface area (Å²) in [6, 6.07) is 8.84. The third kappa shape index (κ3) is 4.83. The minimum absolute atomic E-state index is 0.0104. The van der Waals surface area contributed by atoms with Gasteiger partial charge in [-0.1, -0.05) is 35.3 Å². The molecule has 2 aliphatic carbocycles. The smallest absolute Gasteiger partial charge is 0.407 e. The second-order valence-electron chi connectivity index (χ2n) is 12.7. The summed E-state index contributed by atoms with van der Waals surface area (Å²) in [6.45, 7) is 3.31. The van der Waals surface area contributed by atoms with E-state index in [1.165, 1.54) is 11.8 Å². The molecule has 0 spiro atoms. The van der Waals surface area contributed by atoms with Crippen LogP contribution < -0.4 is 5.32 Å². The highest BCUT2D eigenvalue weighted by Gasteiger charge is 2.56. The number of aromatic nitrogens is 2. The predicted octanol–water partition coefficient (Wildman–Crippen LogP) is 7.56. The number of ketones is 1. The second kappa shape index (κ2) is 11.2. The predicted molar refractivity (Wildman–Crippen MR) is 172 cm³/mol. The standard InChI is InChI=1S/C34H29Cl2F2N5O4/c1-15(40-32(45)34(38)8-9-34)23-13-21-28(16(2)44)41-29-20(31(21)43(23)30-18-12-24(30)42(14-18)33(46)47)11-17(5-4-10-39)25(27(29)37)19-6-3-7-22(35)26(19)36/h3,6-7,11,13,15,18,24,30H,4-5,8-9,12,14H2,1-2H3,(H,40,45)(H,46,47)/t15?,18-,24-,30+/m1/s1. The van der Waals surface area contributed by atoms with E-state index in [1.54, 1.807) is 37.3 Å². The fraction of sp³-hybridized carbons (Fsp3) is 0.382. The lowest BCUT2D eigenvalue weighted by atomic mass is 9.79. The highest BCUT2D eigenvalue weighted by atomic mass is 35.5. The number of halogens is 4. The monoisotopic (exact) mass is 679 g/mol. The van der Waals surface area contributed by atoms with Crippen molar-refractivity contribution in [1.29, 1.82) is 5.26 Å². The first-order chi connectivity index (χ1) is 22.4. The van der Waals surface area contributed by atoms with Gasteiger partial charge in [-0.3, -0.25) is 9.59 Å². The van der Waals surface area contributed by atoms with Crippen molar-refractivity contribution in [2.75, 3.05) is 6.54 Å². The van der Waals surface area contributed by atoms with Crippen LogP contribution in [0.2, 0.25) is 10.0 Å². The number of nitrogens with zero attached hydrogens (tertiary/aromatic N) is 4. The zero-order valence-electron chi connectivity index (χ0n) is 25.4. The molecule has 4 fully saturated rings. The van der Waals surface area contributed by atoms with Gasteiger partial charge in [0.25, 0.3) is 5.91 Å². The summed E-state index contributed by atoms with van der Waals surface area (Å²) in [6.07, 6.45) is 0.0441. The fourth-order valence-electron chi connectivity index (χ4n) is 7.38. The molecule has 2 aromatic carbocycles. The molecule has 0 radical (unpaired) electrons. The molecule has 47 heavy (non-hydrogen) atoms. The molecule has 8 rings (SSSR count). The molecule has 2 aromatic heterocycles. The highest BCUT2D eigenvalue weighted by Crippen LogP contribution is 2.53. The van der Waals surface area contributed by atoms with Gasteiger partial charge in [-0.05, 0) is 56.4 Å². The minimum Gasteiger partial charge on any atom is -0.465 e. The van der Waals surface area contributed by atoms with Crippen LogP contribution in [0.1, 0.15) is 73.4 Å². The van der Waals surface area contributed by atoms with E-state index in [4.69, 9.17) is 23.2 Å². The average Bonchev–Trinajstić information content (AvgIpc) is 3.33. The summed E-state index contributed by atoms with van der Waals surface area (Å²) in [5, 5.41) is 23.2. The maximum atomic E-state index is 17.0. The Morgan fingerprint density at radius 1 is 1.23 bits per heavy atom. The van der Waals surface area contributed by atoms with Crippen LogP contribution in [0.15, 0.2) is 30.3 Å². The summed E-state index contributed by atoms with van der Waals surface area (Å²) in [5.41, 5.74) is -0.211. The van der Waals surface area contributed by atoms with Crippen LogP contribution in [-0.2, 0) is 11.2 Å². The molecule has 4 atom stereocenters. The number of nitriles is 1. The van der Waals surface area contributed by atoms with Crippen LogP contribution in [-0.4, -0.2) is 55.6 Å². The van der Waals surface area contributed by atoms with Crippen LogP contribution in [0.4, 0.5) is 13.6 Å². The number of carboxylic acid groups (broad SMARTS) is 1. The number of fused-ring (bicyclic) bond motifs is 4. The summed E-state index contributed by atoms with van der Waals surface area (Å²) >= 11 is 12.9. The van der Waals surface area contributed by atoms with Crippen molar-refractivity contribution in [2.24, 2.45) is 5.92 Å². The van der Waals surface area contributed by atoms with Gasteiger partial charge >= 0.3 is 6.09 Å². The Kier molecular flexibility index (Phi) is 7.45. The second-order valence-corrected chi connectivity index (χ2v) is 13.5. The first-order valence-electron chi connectivity index (χ1n) is 15.4. The van der Waals surface area contributed by atoms with Crippen molar-refractivity contribution in [1.82, 2.24) is 19.8 Å². The Bertz CT molecular complexity index is 2090. The number of rotatable bonds is 8. The van der Waals surface area contributed by atoms with Gasteiger partial charge in [0.2, 0.25) is 0 Å². The molecule has 4 aromatic rings. The third-order valence-electron chi connectivity index (χ3n) is 9.87. The van der Waals surface area contributed by atoms with E-state index in [2.05, 4.69) is 16.4 Å². The number of pyridine rings is 1. The quantitative estimate of drug-likeness (QED) is 0.185. The van der Waals surface area contributed by atoms with Gasteiger partial charge in [0.15, 0.2) is 17.3 Å². The van der Waals surface area contributed by atoms with Crippen molar-refractivity contribution in [3.05, 3.63) is 63.1 Å². The van der Waals surface area contributed by atoms with Gasteiger partial charge in [-0.2, -0.15) is 5.26 Å². The number of alkyl halides is 1. The normalized spacial score (nSPS) is 21.4. The van der Waals surface area contributed by atoms with Crippen molar-refractivity contribution in [3.63, 3.8) is 0 Å². The zero-order chi connectivity index (χ0) is 33.5. The van der Waals surface area contributed by atoms with Gasteiger partial charge in [-0.25, -0.2) is 18.6 Å². The molecular weight excluding hydrogens is 651 g/mol. The Hall–Kier alpha value is -4.27. The van der Waals surface area contributed by atoms with E-state index >= 15 is 4.39 Å². The largest absolute Gasteiger partial charge is 0.465 e. The summed E-state index contributed by atoms with van der Waals surface area (Å²) in [4.78, 5) is 44.0. The van der Waals surface area contributed by atoms with Crippen LogP contribution in [0.5, 0.6) is 0 Å². The molecule has 4 aliphatic rings. The van der Waals surface area contributed by atoms with Gasteiger partial charge < -0.3 is 19.9 Å². The van der Waals surface area contributed by atoms with Crippen molar-refractivity contribution >= 4 is 62.8 Å². The van der Waals surface area contributed by atoms with Gasteiger partial charge in [0.1, 0.15) is 11.2 Å². The van der Waals surface area contributed by atoms with E-state index in [9.17, 15) is 29.1 Å². The first-order valence-corrected chi connectivity index (χ1v) is 16.1. The molecule has 9 nitrogen and oxygen atoms in total. The van der Waals surface area contributed by atoms with Gasteiger partial charge in [0.05, 0.1) is 39.8 Å². The molecule has 4 heterocycles. The molecular formula is C34H29Cl2F2N5O4. The number of hydrogen-bond donors (Lipinski definition) is 2. The lowest BCUT2D eigenvalue weighted by molar-refractivity contribution is -0.128. The van der Waals surface area contributed by atoms with Crippen molar-refractivity contribution in [2.45, 2.75) is 69.7 Å².